The van der Waals surface area contributed by atoms with Gasteiger partial charge < -0.3 is 5.32 Å². The Bertz CT molecular complexity index is 1550. The molecule has 2 aliphatic rings. The van der Waals surface area contributed by atoms with Crippen LogP contribution in [0.3, 0.4) is 0 Å². The Kier molecular flexibility index (Phi) is 6.32. The standard InChI is InChI=1S/C29H30ClN5O2/c1-18-25(15-22(30)16-32-18)28(36)33-23-10-7-19(8-11-23)17-34-26-6-3-13-31-27(26)35(29(34)37)24-12-9-20-4-2-5-21(20)14-24/h3,6,9,12-16,19,23H,2,4-5,7-8,10-11,17H2,1H3,(H,33,36). The van der Waals surface area contributed by atoms with Crippen LogP contribution in [0.4, 0.5) is 0 Å². The SMILES string of the molecule is Cc1ncc(Cl)cc1C(=O)NC1CCC(Cn2c(=O)n(-c3ccc4c(c3)CCC4)c3ncccc32)CC1. The summed E-state index contributed by atoms with van der Waals surface area (Å²) >= 11 is 6.04. The van der Waals surface area contributed by atoms with E-state index in [1.807, 2.05) is 23.6 Å². The van der Waals surface area contributed by atoms with Gasteiger partial charge in [0.05, 0.1) is 27.5 Å². The molecule has 4 aromatic rings. The quantitative estimate of drug-likeness (QED) is 0.404. The van der Waals surface area contributed by atoms with Gasteiger partial charge in [-0.15, -0.1) is 0 Å². The van der Waals surface area contributed by atoms with Crippen molar-refractivity contribution in [3.8, 4) is 5.69 Å². The van der Waals surface area contributed by atoms with Gasteiger partial charge in [-0.1, -0.05) is 17.7 Å². The van der Waals surface area contributed by atoms with Gasteiger partial charge in [0.15, 0.2) is 5.65 Å². The van der Waals surface area contributed by atoms with Crippen molar-refractivity contribution >= 4 is 28.7 Å². The van der Waals surface area contributed by atoms with E-state index in [-0.39, 0.29) is 17.6 Å². The highest BCUT2D eigenvalue weighted by molar-refractivity contribution is 6.30. The van der Waals surface area contributed by atoms with Crippen LogP contribution in [0.25, 0.3) is 16.9 Å². The minimum Gasteiger partial charge on any atom is -0.349 e. The molecule has 1 N–H and O–H groups in total. The molecule has 1 fully saturated rings. The number of benzene rings is 1. The number of imidazole rings is 1. The fraction of sp³-hybridized carbons (Fsp3) is 0.379. The number of amides is 1. The summed E-state index contributed by atoms with van der Waals surface area (Å²) in [6.45, 7) is 2.46. The number of nitrogens with zero attached hydrogens (tertiary/aromatic N) is 4. The zero-order valence-corrected chi connectivity index (χ0v) is 21.7. The summed E-state index contributed by atoms with van der Waals surface area (Å²) < 4.78 is 3.65. The van der Waals surface area contributed by atoms with Crippen LogP contribution in [0.15, 0.2) is 53.6 Å². The molecule has 6 rings (SSSR count). The summed E-state index contributed by atoms with van der Waals surface area (Å²) in [7, 11) is 0. The van der Waals surface area contributed by atoms with Crippen LogP contribution in [-0.2, 0) is 19.4 Å². The van der Waals surface area contributed by atoms with Crippen LogP contribution in [0.2, 0.25) is 5.02 Å². The number of pyridine rings is 2. The number of aryl methyl sites for hydroxylation is 3. The molecular weight excluding hydrogens is 486 g/mol. The van der Waals surface area contributed by atoms with E-state index in [1.54, 1.807) is 23.0 Å². The van der Waals surface area contributed by atoms with Gasteiger partial charge in [-0.05, 0) is 99.2 Å². The van der Waals surface area contributed by atoms with Crippen molar-refractivity contribution in [1.82, 2.24) is 24.4 Å². The predicted molar refractivity (Wildman–Crippen MR) is 145 cm³/mol. The predicted octanol–water partition coefficient (Wildman–Crippen LogP) is 5.02. The van der Waals surface area contributed by atoms with Crippen LogP contribution in [-0.4, -0.2) is 31.1 Å². The van der Waals surface area contributed by atoms with Crippen molar-refractivity contribution in [1.29, 1.82) is 0 Å². The lowest BCUT2D eigenvalue weighted by Crippen LogP contribution is -2.39. The fourth-order valence-corrected chi connectivity index (χ4v) is 6.10. The second kappa shape index (κ2) is 9.78. The molecule has 1 saturated carbocycles. The van der Waals surface area contributed by atoms with Crippen molar-refractivity contribution in [2.45, 2.75) is 64.5 Å². The zero-order valence-electron chi connectivity index (χ0n) is 20.9. The van der Waals surface area contributed by atoms with Crippen molar-refractivity contribution in [3.63, 3.8) is 0 Å². The normalized spacial score (nSPS) is 19.2. The Balaban J connectivity index is 1.19. The number of carbonyl (C=O) groups excluding carboxylic acids is 1. The van der Waals surface area contributed by atoms with Crippen LogP contribution in [0, 0.1) is 12.8 Å². The van der Waals surface area contributed by atoms with E-state index in [2.05, 4.69) is 33.5 Å². The Morgan fingerprint density at radius 2 is 1.89 bits per heavy atom. The molecule has 0 saturated heterocycles. The van der Waals surface area contributed by atoms with E-state index in [1.165, 1.54) is 17.5 Å². The third-order valence-electron chi connectivity index (χ3n) is 7.95. The van der Waals surface area contributed by atoms with E-state index in [9.17, 15) is 9.59 Å². The van der Waals surface area contributed by atoms with Crippen molar-refractivity contribution < 1.29 is 4.79 Å². The lowest BCUT2D eigenvalue weighted by molar-refractivity contribution is 0.0919. The van der Waals surface area contributed by atoms with Gasteiger partial charge >= 0.3 is 5.69 Å². The summed E-state index contributed by atoms with van der Waals surface area (Å²) in [5.41, 5.74) is 6.35. The van der Waals surface area contributed by atoms with Gasteiger partial charge in [0.2, 0.25) is 0 Å². The maximum Gasteiger partial charge on any atom is 0.334 e. The number of hydrogen-bond acceptors (Lipinski definition) is 4. The molecule has 0 atom stereocenters. The van der Waals surface area contributed by atoms with Crippen LogP contribution in [0.1, 0.15) is 59.3 Å². The smallest absolute Gasteiger partial charge is 0.334 e. The first-order chi connectivity index (χ1) is 18.0. The van der Waals surface area contributed by atoms with E-state index >= 15 is 0 Å². The lowest BCUT2D eigenvalue weighted by Gasteiger charge is -2.29. The minimum absolute atomic E-state index is 0.0361. The fourth-order valence-electron chi connectivity index (χ4n) is 5.94. The zero-order chi connectivity index (χ0) is 25.5. The highest BCUT2D eigenvalue weighted by atomic mass is 35.5. The van der Waals surface area contributed by atoms with Gasteiger partial charge in [-0.3, -0.25) is 14.3 Å². The summed E-state index contributed by atoms with van der Waals surface area (Å²) in [5.74, 6) is 0.232. The average molecular weight is 516 g/mol. The number of halogens is 1. The second-order valence-electron chi connectivity index (χ2n) is 10.4. The molecule has 190 valence electrons. The highest BCUT2D eigenvalue weighted by Crippen LogP contribution is 2.29. The third-order valence-corrected chi connectivity index (χ3v) is 8.16. The van der Waals surface area contributed by atoms with Crippen LogP contribution >= 0.6 is 11.6 Å². The van der Waals surface area contributed by atoms with Crippen LogP contribution in [0.5, 0.6) is 0 Å². The molecule has 1 amide bonds. The van der Waals surface area contributed by atoms with Gasteiger partial charge in [0.25, 0.3) is 5.91 Å². The van der Waals surface area contributed by atoms with Gasteiger partial charge in [0, 0.05) is 25.0 Å². The highest BCUT2D eigenvalue weighted by Gasteiger charge is 2.26. The number of carbonyl (C=O) groups is 1. The van der Waals surface area contributed by atoms with E-state index in [0.29, 0.717) is 34.4 Å². The molecule has 0 bridgehead atoms. The van der Waals surface area contributed by atoms with E-state index in [4.69, 9.17) is 11.6 Å². The molecule has 8 heteroatoms. The maximum absolute atomic E-state index is 13.7. The minimum atomic E-state index is -0.129. The topological polar surface area (TPSA) is 81.8 Å². The lowest BCUT2D eigenvalue weighted by atomic mass is 9.85. The van der Waals surface area contributed by atoms with Crippen molar-refractivity contribution in [2.75, 3.05) is 0 Å². The Morgan fingerprint density at radius 1 is 1.08 bits per heavy atom. The molecule has 7 nitrogen and oxygen atoms in total. The van der Waals surface area contributed by atoms with Crippen molar-refractivity contribution in [2.24, 2.45) is 5.92 Å². The first-order valence-electron chi connectivity index (χ1n) is 13.1. The molecule has 3 heterocycles. The number of aromatic nitrogens is 4. The van der Waals surface area contributed by atoms with Gasteiger partial charge in [-0.25, -0.2) is 14.3 Å². The molecule has 0 aliphatic heterocycles. The molecule has 37 heavy (non-hydrogen) atoms. The largest absolute Gasteiger partial charge is 0.349 e. The average Bonchev–Trinajstić information content (AvgIpc) is 3.48. The number of nitrogens with one attached hydrogen (secondary N) is 1. The molecule has 3 aromatic heterocycles. The summed E-state index contributed by atoms with van der Waals surface area (Å²) in [6.07, 6.45) is 10.3. The Morgan fingerprint density at radius 3 is 2.73 bits per heavy atom. The summed E-state index contributed by atoms with van der Waals surface area (Å²) in [6, 6.07) is 12.0. The van der Waals surface area contributed by atoms with Crippen LogP contribution < -0.4 is 11.0 Å². The maximum atomic E-state index is 13.7. The Hall–Kier alpha value is -3.45. The summed E-state index contributed by atoms with van der Waals surface area (Å²) in [4.78, 5) is 35.3. The first kappa shape index (κ1) is 23.9. The monoisotopic (exact) mass is 515 g/mol. The molecular formula is C29H30ClN5O2. The van der Waals surface area contributed by atoms with E-state index in [0.717, 1.165) is 49.7 Å². The Labute approximate surface area is 220 Å². The first-order valence-corrected chi connectivity index (χ1v) is 13.5. The van der Waals surface area contributed by atoms with Crippen molar-refractivity contribution in [3.05, 3.63) is 86.7 Å². The molecule has 2 aliphatic carbocycles. The number of hydrogen-bond donors (Lipinski definition) is 1. The van der Waals surface area contributed by atoms with Gasteiger partial charge in [-0.2, -0.15) is 0 Å². The number of fused-ring (bicyclic) bond motifs is 2. The molecule has 0 unspecified atom stereocenters. The summed E-state index contributed by atoms with van der Waals surface area (Å²) in [5, 5.41) is 3.61. The van der Waals surface area contributed by atoms with E-state index < -0.39 is 0 Å². The second-order valence-corrected chi connectivity index (χ2v) is 10.8. The van der Waals surface area contributed by atoms with Gasteiger partial charge in [0.1, 0.15) is 0 Å². The number of rotatable bonds is 5. The third kappa shape index (κ3) is 4.57. The molecule has 0 radical (unpaired) electrons. The molecule has 0 spiro atoms. The molecule has 1 aromatic carbocycles.